The highest BCUT2D eigenvalue weighted by Crippen LogP contribution is 2.29. The summed E-state index contributed by atoms with van der Waals surface area (Å²) in [4.78, 5) is 22.5. The molecule has 0 aliphatic heterocycles. The van der Waals surface area contributed by atoms with E-state index < -0.39 is 11.9 Å². The monoisotopic (exact) mass is 246 g/mol. The van der Waals surface area contributed by atoms with Gasteiger partial charge in [-0.25, -0.2) is 4.79 Å². The van der Waals surface area contributed by atoms with E-state index in [1.807, 2.05) is 25.1 Å². The van der Waals surface area contributed by atoms with Crippen LogP contribution in [0.5, 0.6) is 0 Å². The first-order valence-corrected chi connectivity index (χ1v) is 5.37. The second-order valence-corrected chi connectivity index (χ2v) is 4.16. The molecule has 3 amide bonds. The molecule has 1 aromatic carbocycles. The molecular formula is C12H14N4O2. The van der Waals surface area contributed by atoms with Gasteiger partial charge in [0, 0.05) is 12.4 Å². The molecule has 0 spiro atoms. The maximum absolute atomic E-state index is 11.6. The number of benzene rings is 1. The van der Waals surface area contributed by atoms with Gasteiger partial charge >= 0.3 is 6.03 Å². The van der Waals surface area contributed by atoms with Gasteiger partial charge in [-0.15, -0.1) is 0 Å². The van der Waals surface area contributed by atoms with Gasteiger partial charge in [-0.2, -0.15) is 0 Å². The van der Waals surface area contributed by atoms with Crippen LogP contribution < -0.4 is 16.8 Å². The summed E-state index contributed by atoms with van der Waals surface area (Å²) in [5, 5.41) is 3.14. The summed E-state index contributed by atoms with van der Waals surface area (Å²) in [5.74, 6) is -0.287. The predicted octanol–water partition coefficient (Wildman–Crippen LogP) is 1.08. The zero-order valence-corrected chi connectivity index (χ0v) is 10.2. The van der Waals surface area contributed by atoms with Crippen molar-refractivity contribution in [3.05, 3.63) is 29.3 Å². The Hall–Kier alpha value is -2.50. The third kappa shape index (κ3) is 1.77. The van der Waals surface area contributed by atoms with Crippen LogP contribution in [0.25, 0.3) is 10.9 Å². The van der Waals surface area contributed by atoms with Crippen molar-refractivity contribution in [3.63, 3.8) is 0 Å². The van der Waals surface area contributed by atoms with Crippen LogP contribution in [-0.2, 0) is 7.05 Å². The number of hydrogen-bond acceptors (Lipinski definition) is 2. The fourth-order valence-electron chi connectivity index (χ4n) is 2.07. The van der Waals surface area contributed by atoms with Crippen molar-refractivity contribution in [3.8, 4) is 0 Å². The van der Waals surface area contributed by atoms with Gasteiger partial charge < -0.3 is 16.0 Å². The summed E-state index contributed by atoms with van der Waals surface area (Å²) in [6.45, 7) is 1.92. The number of nitrogens with one attached hydrogen (secondary N) is 1. The molecule has 2 rings (SSSR count). The molecule has 0 aliphatic carbocycles. The minimum absolute atomic E-state index is 0.273. The van der Waals surface area contributed by atoms with E-state index in [2.05, 4.69) is 5.32 Å². The van der Waals surface area contributed by atoms with E-state index in [-0.39, 0.29) is 5.56 Å². The van der Waals surface area contributed by atoms with E-state index in [4.69, 9.17) is 11.5 Å². The van der Waals surface area contributed by atoms with Crippen LogP contribution in [0.4, 0.5) is 10.6 Å². The number of carbonyl (C=O) groups excluding carboxylic acids is 2. The van der Waals surface area contributed by atoms with Crippen LogP contribution in [0.3, 0.4) is 0 Å². The highest BCUT2D eigenvalue weighted by Gasteiger charge is 2.20. The summed E-state index contributed by atoms with van der Waals surface area (Å²) >= 11 is 0. The first-order chi connectivity index (χ1) is 8.41. The number of amides is 3. The standard InChI is InChI=1S/C12H14N4O2/c1-6-3-4-8-7(5-6)9(10(13)17)11(16(8)2)15-12(14)18/h3-5H,1-2H3,(H2,13,17)(H3,14,15,18). The molecule has 2 aromatic rings. The highest BCUT2D eigenvalue weighted by atomic mass is 16.2. The van der Waals surface area contributed by atoms with E-state index in [9.17, 15) is 9.59 Å². The van der Waals surface area contributed by atoms with E-state index >= 15 is 0 Å². The fraction of sp³-hybridized carbons (Fsp3) is 0.167. The number of nitrogens with zero attached hydrogens (tertiary/aromatic N) is 1. The van der Waals surface area contributed by atoms with Gasteiger partial charge in [0.05, 0.1) is 11.1 Å². The van der Waals surface area contributed by atoms with Gasteiger partial charge in [-0.3, -0.25) is 10.1 Å². The summed E-state index contributed by atoms with van der Waals surface area (Å²) < 4.78 is 1.68. The van der Waals surface area contributed by atoms with Crippen LogP contribution in [0, 0.1) is 6.92 Å². The van der Waals surface area contributed by atoms with Crippen LogP contribution in [-0.4, -0.2) is 16.5 Å². The lowest BCUT2D eigenvalue weighted by atomic mass is 10.1. The number of nitrogens with two attached hydrogens (primary N) is 2. The molecule has 5 N–H and O–H groups in total. The summed E-state index contributed by atoms with van der Waals surface area (Å²) in [5.41, 5.74) is 12.6. The Kier molecular flexibility index (Phi) is 2.70. The number of aromatic nitrogens is 1. The zero-order chi connectivity index (χ0) is 13.4. The smallest absolute Gasteiger partial charge is 0.317 e. The maximum Gasteiger partial charge on any atom is 0.317 e. The number of fused-ring (bicyclic) bond motifs is 1. The molecular weight excluding hydrogens is 232 g/mol. The molecule has 0 fully saturated rings. The Morgan fingerprint density at radius 3 is 2.50 bits per heavy atom. The molecule has 6 nitrogen and oxygen atoms in total. The third-order valence-corrected chi connectivity index (χ3v) is 2.84. The molecule has 1 heterocycles. The number of rotatable bonds is 2. The van der Waals surface area contributed by atoms with Gasteiger partial charge in [0.15, 0.2) is 0 Å². The topological polar surface area (TPSA) is 103 Å². The van der Waals surface area contributed by atoms with E-state index in [0.29, 0.717) is 11.2 Å². The molecule has 0 saturated heterocycles. The summed E-state index contributed by atoms with van der Waals surface area (Å²) in [6, 6.07) is 4.89. The highest BCUT2D eigenvalue weighted by molar-refractivity contribution is 6.13. The Bertz CT molecular complexity index is 658. The first kappa shape index (κ1) is 12.0. The normalized spacial score (nSPS) is 10.6. The van der Waals surface area contributed by atoms with Crippen molar-refractivity contribution in [1.82, 2.24) is 4.57 Å². The van der Waals surface area contributed by atoms with Crippen molar-refractivity contribution in [2.24, 2.45) is 18.5 Å². The van der Waals surface area contributed by atoms with E-state index in [0.717, 1.165) is 11.1 Å². The summed E-state index contributed by atoms with van der Waals surface area (Å²) in [6.07, 6.45) is 0. The molecule has 94 valence electrons. The van der Waals surface area contributed by atoms with Crippen molar-refractivity contribution in [2.45, 2.75) is 6.92 Å². The molecule has 0 unspecified atom stereocenters. The average Bonchev–Trinajstić information content (AvgIpc) is 2.51. The lowest BCUT2D eigenvalue weighted by Crippen LogP contribution is -2.23. The Labute approximate surface area is 104 Å². The van der Waals surface area contributed by atoms with Gasteiger partial charge in [0.2, 0.25) is 0 Å². The Balaban J connectivity index is 2.83. The molecule has 18 heavy (non-hydrogen) atoms. The third-order valence-electron chi connectivity index (χ3n) is 2.84. The largest absolute Gasteiger partial charge is 0.365 e. The second kappa shape index (κ2) is 4.06. The minimum Gasteiger partial charge on any atom is -0.365 e. The van der Waals surface area contributed by atoms with Crippen molar-refractivity contribution >= 4 is 28.7 Å². The molecule has 0 aliphatic rings. The quantitative estimate of drug-likeness (QED) is 0.738. The van der Waals surface area contributed by atoms with Gasteiger partial charge in [-0.1, -0.05) is 11.6 Å². The van der Waals surface area contributed by atoms with Crippen LogP contribution in [0.15, 0.2) is 18.2 Å². The zero-order valence-electron chi connectivity index (χ0n) is 10.2. The molecule has 0 atom stereocenters. The maximum atomic E-state index is 11.6. The molecule has 0 radical (unpaired) electrons. The number of anilines is 1. The van der Waals surface area contributed by atoms with Gasteiger partial charge in [-0.05, 0) is 19.1 Å². The number of aryl methyl sites for hydroxylation is 2. The number of carbonyl (C=O) groups is 2. The second-order valence-electron chi connectivity index (χ2n) is 4.16. The molecule has 6 heteroatoms. The van der Waals surface area contributed by atoms with E-state index in [1.54, 1.807) is 11.6 Å². The van der Waals surface area contributed by atoms with Crippen molar-refractivity contribution < 1.29 is 9.59 Å². The lowest BCUT2D eigenvalue weighted by Gasteiger charge is -2.05. The number of hydrogen-bond donors (Lipinski definition) is 3. The fourth-order valence-corrected chi connectivity index (χ4v) is 2.07. The molecule has 1 aromatic heterocycles. The molecule has 0 saturated carbocycles. The van der Waals surface area contributed by atoms with Gasteiger partial charge in [0.1, 0.15) is 5.82 Å². The van der Waals surface area contributed by atoms with Gasteiger partial charge in [0.25, 0.3) is 5.91 Å². The van der Waals surface area contributed by atoms with Crippen molar-refractivity contribution in [2.75, 3.05) is 5.32 Å². The van der Waals surface area contributed by atoms with E-state index in [1.165, 1.54) is 0 Å². The number of urea groups is 1. The number of primary amides is 2. The van der Waals surface area contributed by atoms with Crippen LogP contribution in [0.2, 0.25) is 0 Å². The minimum atomic E-state index is -0.736. The SMILES string of the molecule is Cc1ccc2c(c1)c(C(N)=O)c(NC(N)=O)n2C. The Morgan fingerprint density at radius 2 is 1.94 bits per heavy atom. The van der Waals surface area contributed by atoms with Crippen molar-refractivity contribution in [1.29, 1.82) is 0 Å². The molecule has 0 bridgehead atoms. The lowest BCUT2D eigenvalue weighted by molar-refractivity contribution is 0.100. The summed E-state index contributed by atoms with van der Waals surface area (Å²) in [7, 11) is 1.73. The average molecular weight is 246 g/mol. The van der Waals surface area contributed by atoms with Crippen LogP contribution in [0.1, 0.15) is 15.9 Å². The first-order valence-electron chi connectivity index (χ1n) is 5.37. The predicted molar refractivity (Wildman–Crippen MR) is 69.4 cm³/mol. The van der Waals surface area contributed by atoms with Crippen LogP contribution >= 0.6 is 0 Å². The Morgan fingerprint density at radius 1 is 1.28 bits per heavy atom.